The molecule has 0 aliphatic carbocycles. The fourth-order valence-corrected chi connectivity index (χ4v) is 3.82. The van der Waals surface area contributed by atoms with Crippen LogP contribution in [0.4, 0.5) is 0 Å². The van der Waals surface area contributed by atoms with Gasteiger partial charge in [-0.05, 0) is 43.2 Å². The van der Waals surface area contributed by atoms with Crippen molar-refractivity contribution in [3.8, 4) is 0 Å². The Labute approximate surface area is 154 Å². The first-order valence-corrected chi connectivity index (χ1v) is 8.98. The quantitative estimate of drug-likeness (QED) is 0.562. The maximum absolute atomic E-state index is 13.0. The summed E-state index contributed by atoms with van der Waals surface area (Å²) in [4.78, 5) is 30.4. The van der Waals surface area contributed by atoms with Crippen LogP contribution in [-0.2, 0) is 0 Å². The van der Waals surface area contributed by atoms with Crippen molar-refractivity contribution >= 4 is 39.6 Å². The summed E-state index contributed by atoms with van der Waals surface area (Å²) in [6.45, 7) is 0.693. The summed E-state index contributed by atoms with van der Waals surface area (Å²) in [5.74, 6) is 1.07. The van der Waals surface area contributed by atoms with E-state index in [1.165, 1.54) is 0 Å². The third kappa shape index (κ3) is 2.45. The van der Waals surface area contributed by atoms with Crippen molar-refractivity contribution in [1.82, 2.24) is 24.8 Å². The highest BCUT2D eigenvalue weighted by Gasteiger charge is 2.34. The van der Waals surface area contributed by atoms with Gasteiger partial charge in [-0.2, -0.15) is 0 Å². The zero-order chi connectivity index (χ0) is 17.7. The van der Waals surface area contributed by atoms with Gasteiger partial charge in [-0.15, -0.1) is 0 Å². The second-order valence-corrected chi connectivity index (χ2v) is 6.98. The topological polar surface area (TPSA) is 77.7 Å². The molecular formula is C19H16ClN5O. The number of fused-ring (bicyclic) bond motifs is 2. The third-order valence-corrected chi connectivity index (χ3v) is 5.12. The predicted molar refractivity (Wildman–Crippen MR) is 100 cm³/mol. The first kappa shape index (κ1) is 15.4. The summed E-state index contributed by atoms with van der Waals surface area (Å²) >= 11 is 6.06. The molecule has 5 rings (SSSR count). The van der Waals surface area contributed by atoms with Gasteiger partial charge >= 0.3 is 0 Å². The number of hydrogen-bond donors (Lipinski definition) is 2. The molecule has 0 spiro atoms. The fourth-order valence-electron chi connectivity index (χ4n) is 3.64. The molecule has 0 unspecified atom stereocenters. The van der Waals surface area contributed by atoms with Crippen LogP contribution in [0.3, 0.4) is 0 Å². The zero-order valence-electron chi connectivity index (χ0n) is 13.9. The van der Waals surface area contributed by atoms with Crippen molar-refractivity contribution in [1.29, 1.82) is 0 Å². The Morgan fingerprint density at radius 1 is 1.08 bits per heavy atom. The van der Waals surface area contributed by atoms with Crippen LogP contribution in [0.25, 0.3) is 22.1 Å². The van der Waals surface area contributed by atoms with Crippen molar-refractivity contribution in [3.05, 3.63) is 59.1 Å². The Kier molecular flexibility index (Phi) is 3.46. The Hall–Kier alpha value is -2.86. The number of carbonyl (C=O) groups excluding carboxylic acids is 1. The standard InChI is InChI=1S/C19H16ClN5O/c20-11-7-8-14-15(10-11)24-17(21-14)16-6-3-9-25(16)19(26)18-22-12-4-1-2-5-13(12)23-18/h1-2,4-5,7-8,10,16H,3,6,9H2,(H,21,24)(H,22,23)/t16-/m1/s1. The third-order valence-electron chi connectivity index (χ3n) is 4.88. The molecule has 2 aromatic heterocycles. The average molecular weight is 366 g/mol. The Morgan fingerprint density at radius 2 is 1.92 bits per heavy atom. The SMILES string of the molecule is O=C(c1nc2ccccc2[nH]1)N1CCC[C@@H]1c1nc2ccc(Cl)cc2[nH]1. The molecule has 0 radical (unpaired) electrons. The Morgan fingerprint density at radius 3 is 2.81 bits per heavy atom. The normalized spacial score (nSPS) is 17.4. The lowest BCUT2D eigenvalue weighted by Crippen LogP contribution is -2.31. The molecule has 6 nitrogen and oxygen atoms in total. The molecule has 1 amide bonds. The van der Waals surface area contributed by atoms with E-state index < -0.39 is 0 Å². The number of likely N-dealkylation sites (tertiary alicyclic amines) is 1. The molecule has 4 aromatic rings. The van der Waals surface area contributed by atoms with Gasteiger partial charge in [-0.3, -0.25) is 4.79 Å². The monoisotopic (exact) mass is 365 g/mol. The van der Waals surface area contributed by atoms with Gasteiger partial charge < -0.3 is 14.9 Å². The van der Waals surface area contributed by atoms with E-state index in [0.29, 0.717) is 17.4 Å². The van der Waals surface area contributed by atoms with Crippen LogP contribution in [-0.4, -0.2) is 37.3 Å². The average Bonchev–Trinajstić information content (AvgIpc) is 3.36. The molecule has 0 saturated carbocycles. The van der Waals surface area contributed by atoms with E-state index in [2.05, 4.69) is 19.9 Å². The van der Waals surface area contributed by atoms with Crippen LogP contribution < -0.4 is 0 Å². The second-order valence-electron chi connectivity index (χ2n) is 6.54. The molecule has 1 atom stereocenters. The summed E-state index contributed by atoms with van der Waals surface area (Å²) in [6, 6.07) is 13.1. The van der Waals surface area contributed by atoms with Crippen LogP contribution in [0.5, 0.6) is 0 Å². The van der Waals surface area contributed by atoms with E-state index in [0.717, 1.165) is 40.7 Å². The Bertz CT molecular complexity index is 1100. The molecule has 1 fully saturated rings. The van der Waals surface area contributed by atoms with Gasteiger partial charge in [0.25, 0.3) is 5.91 Å². The summed E-state index contributed by atoms with van der Waals surface area (Å²) < 4.78 is 0. The van der Waals surface area contributed by atoms with E-state index in [-0.39, 0.29) is 11.9 Å². The van der Waals surface area contributed by atoms with Crippen LogP contribution >= 0.6 is 11.6 Å². The number of H-pyrrole nitrogens is 2. The summed E-state index contributed by atoms with van der Waals surface area (Å²) in [5, 5.41) is 0.661. The molecule has 1 aliphatic heterocycles. The van der Waals surface area contributed by atoms with Crippen LogP contribution in [0.2, 0.25) is 5.02 Å². The van der Waals surface area contributed by atoms with Gasteiger partial charge in [0.1, 0.15) is 5.82 Å². The fraction of sp³-hybridized carbons (Fsp3) is 0.211. The minimum absolute atomic E-state index is 0.0816. The van der Waals surface area contributed by atoms with E-state index >= 15 is 0 Å². The summed E-state index contributed by atoms with van der Waals surface area (Å²) in [7, 11) is 0. The summed E-state index contributed by atoms with van der Waals surface area (Å²) in [5.41, 5.74) is 3.40. The van der Waals surface area contributed by atoms with Crippen molar-refractivity contribution in [2.45, 2.75) is 18.9 Å². The first-order chi connectivity index (χ1) is 12.7. The molecule has 26 heavy (non-hydrogen) atoms. The number of benzene rings is 2. The highest BCUT2D eigenvalue weighted by Crippen LogP contribution is 2.33. The molecule has 130 valence electrons. The van der Waals surface area contributed by atoms with E-state index in [1.807, 2.05) is 47.4 Å². The number of halogens is 1. The minimum Gasteiger partial charge on any atom is -0.340 e. The number of para-hydroxylation sites is 2. The molecule has 1 saturated heterocycles. The largest absolute Gasteiger partial charge is 0.340 e. The number of carbonyl (C=O) groups is 1. The molecule has 2 aromatic carbocycles. The highest BCUT2D eigenvalue weighted by atomic mass is 35.5. The lowest BCUT2D eigenvalue weighted by molar-refractivity contribution is 0.0719. The molecule has 7 heteroatoms. The summed E-state index contributed by atoms with van der Waals surface area (Å²) in [6.07, 6.45) is 1.81. The lowest BCUT2D eigenvalue weighted by atomic mass is 10.2. The minimum atomic E-state index is -0.0952. The molecule has 2 N–H and O–H groups in total. The van der Waals surface area contributed by atoms with Crippen LogP contribution in [0.15, 0.2) is 42.5 Å². The number of nitrogens with zero attached hydrogens (tertiary/aromatic N) is 3. The van der Waals surface area contributed by atoms with E-state index in [1.54, 1.807) is 0 Å². The van der Waals surface area contributed by atoms with Crippen molar-refractivity contribution in [2.24, 2.45) is 0 Å². The number of rotatable bonds is 2. The second kappa shape index (κ2) is 5.85. The maximum atomic E-state index is 13.0. The molecular weight excluding hydrogens is 350 g/mol. The van der Waals surface area contributed by atoms with Gasteiger partial charge in [-0.1, -0.05) is 23.7 Å². The first-order valence-electron chi connectivity index (χ1n) is 8.60. The van der Waals surface area contributed by atoms with Gasteiger partial charge in [0, 0.05) is 11.6 Å². The number of amides is 1. The number of imidazole rings is 2. The number of hydrogen-bond acceptors (Lipinski definition) is 3. The van der Waals surface area contributed by atoms with E-state index in [9.17, 15) is 4.79 Å². The van der Waals surface area contributed by atoms with Crippen LogP contribution in [0.1, 0.15) is 35.3 Å². The number of aromatic nitrogens is 4. The van der Waals surface area contributed by atoms with Crippen molar-refractivity contribution in [2.75, 3.05) is 6.54 Å². The maximum Gasteiger partial charge on any atom is 0.290 e. The van der Waals surface area contributed by atoms with Crippen molar-refractivity contribution < 1.29 is 4.79 Å². The molecule has 1 aliphatic rings. The highest BCUT2D eigenvalue weighted by molar-refractivity contribution is 6.31. The smallest absolute Gasteiger partial charge is 0.290 e. The van der Waals surface area contributed by atoms with Crippen LogP contribution in [0, 0.1) is 0 Å². The van der Waals surface area contributed by atoms with Gasteiger partial charge in [0.15, 0.2) is 5.82 Å². The van der Waals surface area contributed by atoms with Crippen molar-refractivity contribution in [3.63, 3.8) is 0 Å². The van der Waals surface area contributed by atoms with Gasteiger partial charge in [0.05, 0.1) is 28.1 Å². The number of nitrogens with one attached hydrogen (secondary N) is 2. The number of aromatic amines is 2. The van der Waals surface area contributed by atoms with Gasteiger partial charge in [-0.25, -0.2) is 9.97 Å². The predicted octanol–water partition coefficient (Wildman–Crippen LogP) is 4.07. The lowest BCUT2D eigenvalue weighted by Gasteiger charge is -2.22. The Balaban J connectivity index is 1.50. The molecule has 0 bridgehead atoms. The van der Waals surface area contributed by atoms with E-state index in [4.69, 9.17) is 11.6 Å². The molecule has 3 heterocycles. The zero-order valence-corrected chi connectivity index (χ0v) is 14.6. The van der Waals surface area contributed by atoms with Gasteiger partial charge in [0.2, 0.25) is 0 Å².